The van der Waals surface area contributed by atoms with Crippen molar-refractivity contribution in [2.24, 2.45) is 0 Å². The van der Waals surface area contributed by atoms with Crippen LogP contribution in [-0.2, 0) is 6.42 Å². The van der Waals surface area contributed by atoms with Gasteiger partial charge in [-0.3, -0.25) is 4.79 Å². The Morgan fingerprint density at radius 3 is 2.65 bits per heavy atom. The van der Waals surface area contributed by atoms with Crippen LogP contribution in [0.3, 0.4) is 0 Å². The van der Waals surface area contributed by atoms with E-state index in [0.717, 1.165) is 37.9 Å². The molecule has 1 saturated carbocycles. The summed E-state index contributed by atoms with van der Waals surface area (Å²) in [6.45, 7) is 4.91. The zero-order valence-corrected chi connectivity index (χ0v) is 12.6. The van der Waals surface area contributed by atoms with Crippen LogP contribution in [0.2, 0.25) is 0 Å². The maximum atomic E-state index is 12.7. The lowest BCUT2D eigenvalue weighted by Crippen LogP contribution is -2.38. The van der Waals surface area contributed by atoms with Gasteiger partial charge in [-0.05, 0) is 38.3 Å². The molecule has 2 rings (SSSR count). The third-order valence-electron chi connectivity index (χ3n) is 4.02. The molecule has 0 radical (unpaired) electrons. The number of pyridine rings is 1. The Morgan fingerprint density at radius 2 is 2.05 bits per heavy atom. The van der Waals surface area contributed by atoms with Crippen LogP contribution in [0.4, 0.5) is 5.82 Å². The van der Waals surface area contributed by atoms with Crippen molar-refractivity contribution >= 4 is 11.7 Å². The summed E-state index contributed by atoms with van der Waals surface area (Å²) < 4.78 is 0. The SMILES string of the molecule is CCCc1cc(C(=O)N(CC)C2CCCC2)cc(N)n1. The van der Waals surface area contributed by atoms with Gasteiger partial charge in [-0.15, -0.1) is 0 Å². The molecule has 0 unspecified atom stereocenters. The Hall–Kier alpha value is -1.58. The Balaban J connectivity index is 2.21. The normalized spacial score (nSPS) is 15.5. The number of nitrogens with two attached hydrogens (primary N) is 1. The molecule has 4 nitrogen and oxygen atoms in total. The van der Waals surface area contributed by atoms with E-state index >= 15 is 0 Å². The van der Waals surface area contributed by atoms with Crippen LogP contribution in [0.25, 0.3) is 0 Å². The molecule has 1 aromatic heterocycles. The third-order valence-corrected chi connectivity index (χ3v) is 4.02. The molecule has 0 aromatic carbocycles. The van der Waals surface area contributed by atoms with E-state index in [1.54, 1.807) is 6.07 Å². The zero-order chi connectivity index (χ0) is 14.5. The monoisotopic (exact) mass is 275 g/mol. The molecule has 0 aliphatic heterocycles. The number of aromatic nitrogens is 1. The second-order valence-electron chi connectivity index (χ2n) is 5.55. The molecule has 110 valence electrons. The van der Waals surface area contributed by atoms with E-state index in [1.807, 2.05) is 17.9 Å². The Bertz CT molecular complexity index is 467. The highest BCUT2D eigenvalue weighted by molar-refractivity contribution is 5.95. The summed E-state index contributed by atoms with van der Waals surface area (Å²) in [5.41, 5.74) is 7.45. The molecule has 2 N–H and O–H groups in total. The molecule has 0 spiro atoms. The number of anilines is 1. The van der Waals surface area contributed by atoms with Crippen molar-refractivity contribution in [2.45, 2.75) is 58.4 Å². The van der Waals surface area contributed by atoms with Gasteiger partial charge in [0.1, 0.15) is 5.82 Å². The predicted molar refractivity (Wildman–Crippen MR) is 81.6 cm³/mol. The number of hydrogen-bond acceptors (Lipinski definition) is 3. The first kappa shape index (κ1) is 14.8. The summed E-state index contributed by atoms with van der Waals surface area (Å²) in [7, 11) is 0. The summed E-state index contributed by atoms with van der Waals surface area (Å²) in [4.78, 5) is 19.0. The van der Waals surface area contributed by atoms with Crippen molar-refractivity contribution in [3.05, 3.63) is 23.4 Å². The van der Waals surface area contributed by atoms with Gasteiger partial charge in [0.15, 0.2) is 0 Å². The second kappa shape index (κ2) is 6.73. The Morgan fingerprint density at radius 1 is 1.35 bits per heavy atom. The van der Waals surface area contributed by atoms with E-state index in [0.29, 0.717) is 17.4 Å². The highest BCUT2D eigenvalue weighted by Gasteiger charge is 2.26. The smallest absolute Gasteiger partial charge is 0.254 e. The lowest BCUT2D eigenvalue weighted by Gasteiger charge is -2.28. The van der Waals surface area contributed by atoms with Crippen LogP contribution in [0.1, 0.15) is 62.0 Å². The fourth-order valence-electron chi connectivity index (χ4n) is 3.07. The largest absolute Gasteiger partial charge is 0.384 e. The molecule has 1 aromatic rings. The number of hydrogen-bond donors (Lipinski definition) is 1. The molecule has 0 bridgehead atoms. The van der Waals surface area contributed by atoms with Crippen molar-refractivity contribution in [1.82, 2.24) is 9.88 Å². The summed E-state index contributed by atoms with van der Waals surface area (Å²) in [5, 5.41) is 0. The molecular formula is C16H25N3O. The number of aryl methyl sites for hydroxylation is 1. The van der Waals surface area contributed by atoms with Crippen molar-refractivity contribution in [1.29, 1.82) is 0 Å². The maximum absolute atomic E-state index is 12.7. The molecule has 1 heterocycles. The fraction of sp³-hybridized carbons (Fsp3) is 0.625. The number of carbonyl (C=O) groups is 1. The minimum absolute atomic E-state index is 0.103. The van der Waals surface area contributed by atoms with E-state index in [4.69, 9.17) is 5.73 Å². The molecule has 1 aliphatic carbocycles. The summed E-state index contributed by atoms with van der Waals surface area (Å²) in [6, 6.07) is 4.01. The quantitative estimate of drug-likeness (QED) is 0.898. The molecule has 1 aliphatic rings. The highest BCUT2D eigenvalue weighted by Crippen LogP contribution is 2.25. The Labute approximate surface area is 121 Å². The highest BCUT2D eigenvalue weighted by atomic mass is 16.2. The van der Waals surface area contributed by atoms with Gasteiger partial charge in [-0.2, -0.15) is 0 Å². The van der Waals surface area contributed by atoms with Crippen molar-refractivity contribution in [3.8, 4) is 0 Å². The van der Waals surface area contributed by atoms with Crippen LogP contribution in [-0.4, -0.2) is 28.4 Å². The molecule has 1 amide bonds. The lowest BCUT2D eigenvalue weighted by atomic mass is 10.1. The number of nitrogens with zero attached hydrogens (tertiary/aromatic N) is 2. The van der Waals surface area contributed by atoms with Gasteiger partial charge in [0, 0.05) is 23.8 Å². The van der Waals surface area contributed by atoms with Gasteiger partial charge in [-0.25, -0.2) is 4.98 Å². The lowest BCUT2D eigenvalue weighted by molar-refractivity contribution is 0.0693. The molecular weight excluding hydrogens is 250 g/mol. The molecule has 0 saturated heterocycles. The van der Waals surface area contributed by atoms with Gasteiger partial charge >= 0.3 is 0 Å². The average Bonchev–Trinajstić information content (AvgIpc) is 2.93. The molecule has 1 fully saturated rings. The molecule has 20 heavy (non-hydrogen) atoms. The topological polar surface area (TPSA) is 59.2 Å². The summed E-state index contributed by atoms with van der Waals surface area (Å²) >= 11 is 0. The second-order valence-corrected chi connectivity index (χ2v) is 5.55. The zero-order valence-electron chi connectivity index (χ0n) is 12.6. The van der Waals surface area contributed by atoms with Gasteiger partial charge < -0.3 is 10.6 Å². The van der Waals surface area contributed by atoms with Crippen LogP contribution in [0, 0.1) is 0 Å². The number of amides is 1. The number of rotatable bonds is 5. The third kappa shape index (κ3) is 3.30. The average molecular weight is 275 g/mol. The first-order valence-electron chi connectivity index (χ1n) is 7.73. The van der Waals surface area contributed by atoms with Crippen molar-refractivity contribution in [2.75, 3.05) is 12.3 Å². The fourth-order valence-corrected chi connectivity index (χ4v) is 3.07. The number of nitrogen functional groups attached to an aromatic ring is 1. The van der Waals surface area contributed by atoms with E-state index in [2.05, 4.69) is 11.9 Å². The van der Waals surface area contributed by atoms with Gasteiger partial charge in [0.05, 0.1) is 0 Å². The van der Waals surface area contributed by atoms with Crippen LogP contribution < -0.4 is 5.73 Å². The van der Waals surface area contributed by atoms with Crippen LogP contribution in [0.5, 0.6) is 0 Å². The first-order valence-corrected chi connectivity index (χ1v) is 7.73. The van der Waals surface area contributed by atoms with E-state index < -0.39 is 0 Å². The number of carbonyl (C=O) groups excluding carboxylic acids is 1. The van der Waals surface area contributed by atoms with Gasteiger partial charge in [0.2, 0.25) is 0 Å². The summed E-state index contributed by atoms with van der Waals surface area (Å²) in [5.74, 6) is 0.549. The van der Waals surface area contributed by atoms with E-state index in [9.17, 15) is 4.79 Å². The first-order chi connectivity index (χ1) is 9.65. The van der Waals surface area contributed by atoms with E-state index in [1.165, 1.54) is 12.8 Å². The summed E-state index contributed by atoms with van der Waals surface area (Å²) in [6.07, 6.45) is 6.58. The maximum Gasteiger partial charge on any atom is 0.254 e. The van der Waals surface area contributed by atoms with Gasteiger partial charge in [0.25, 0.3) is 5.91 Å². The van der Waals surface area contributed by atoms with Crippen molar-refractivity contribution < 1.29 is 4.79 Å². The van der Waals surface area contributed by atoms with Crippen LogP contribution >= 0.6 is 0 Å². The van der Waals surface area contributed by atoms with Crippen molar-refractivity contribution in [3.63, 3.8) is 0 Å². The van der Waals surface area contributed by atoms with Crippen LogP contribution in [0.15, 0.2) is 12.1 Å². The minimum Gasteiger partial charge on any atom is -0.384 e. The van der Waals surface area contributed by atoms with Gasteiger partial charge in [-0.1, -0.05) is 26.2 Å². The predicted octanol–water partition coefficient (Wildman–Crippen LogP) is 3.02. The molecule has 0 atom stereocenters. The molecule has 4 heteroatoms. The Kier molecular flexibility index (Phi) is 4.99. The standard InChI is InChI=1S/C16H25N3O/c1-3-7-13-10-12(11-15(17)18-13)16(20)19(4-2)14-8-5-6-9-14/h10-11,14H,3-9H2,1-2H3,(H2,17,18). The van der Waals surface area contributed by atoms with E-state index in [-0.39, 0.29) is 5.91 Å². The minimum atomic E-state index is 0.103.